The normalized spacial score (nSPS) is 15.7. The molecule has 5 heteroatoms. The number of nitrogens with one attached hydrogen (secondary N) is 1. The molecule has 0 aliphatic carbocycles. The van der Waals surface area contributed by atoms with E-state index in [-0.39, 0.29) is 18.4 Å². The van der Waals surface area contributed by atoms with E-state index in [0.29, 0.717) is 6.61 Å². The van der Waals surface area contributed by atoms with Crippen molar-refractivity contribution in [3.8, 4) is 11.5 Å². The largest absolute Gasteiger partial charge is 0.494 e. The molecule has 3 rings (SSSR count). The average molecular weight is 389 g/mol. The van der Waals surface area contributed by atoms with Gasteiger partial charge in [0.05, 0.1) is 25.1 Å². The third kappa shape index (κ3) is 7.14. The van der Waals surface area contributed by atoms with Gasteiger partial charge in [0.1, 0.15) is 11.5 Å². The summed E-state index contributed by atoms with van der Waals surface area (Å²) in [6.45, 7) is 4.59. The van der Waals surface area contributed by atoms with E-state index in [2.05, 4.69) is 24.4 Å². The summed E-state index contributed by atoms with van der Waals surface area (Å²) in [4.78, 5) is 4.77. The Labute approximate surface area is 168 Å². The first-order chi connectivity index (χ1) is 12.8. The minimum atomic E-state index is 0. The molecule has 1 aliphatic rings. The van der Waals surface area contributed by atoms with Gasteiger partial charge in [0.25, 0.3) is 0 Å². The van der Waals surface area contributed by atoms with Crippen molar-refractivity contribution in [2.75, 3.05) is 19.8 Å². The maximum atomic E-state index is 5.90. The Kier molecular flexibility index (Phi) is 8.99. The lowest BCUT2D eigenvalue weighted by Crippen LogP contribution is -2.15. The van der Waals surface area contributed by atoms with Crippen molar-refractivity contribution in [2.24, 2.45) is 4.99 Å². The van der Waals surface area contributed by atoms with Crippen LogP contribution in [0.25, 0.3) is 0 Å². The van der Waals surface area contributed by atoms with Gasteiger partial charge in [-0.2, -0.15) is 0 Å². The highest BCUT2D eigenvalue weighted by molar-refractivity contribution is 5.85. The summed E-state index contributed by atoms with van der Waals surface area (Å²) in [5, 5.41) is 3.34. The van der Waals surface area contributed by atoms with E-state index < -0.39 is 0 Å². The minimum absolute atomic E-state index is 0. The fraction of sp³-hybridized carbons (Fsp3) is 0.409. The van der Waals surface area contributed by atoms with Crippen LogP contribution in [0.1, 0.15) is 44.2 Å². The number of benzene rings is 2. The number of amidine groups is 1. The van der Waals surface area contributed by atoms with E-state index in [1.807, 2.05) is 42.5 Å². The van der Waals surface area contributed by atoms with Crippen molar-refractivity contribution in [3.05, 3.63) is 60.2 Å². The summed E-state index contributed by atoms with van der Waals surface area (Å²) in [5.74, 6) is 2.97. The maximum absolute atomic E-state index is 5.90. The first-order valence-electron chi connectivity index (χ1n) is 9.52. The molecule has 2 aromatic carbocycles. The van der Waals surface area contributed by atoms with Crippen LogP contribution in [-0.2, 0) is 0 Å². The summed E-state index contributed by atoms with van der Waals surface area (Å²) >= 11 is 0. The number of aliphatic imine (C=N–C) groups is 1. The van der Waals surface area contributed by atoms with Crippen LogP contribution >= 0.6 is 12.4 Å². The number of halogens is 1. The third-order valence-electron chi connectivity index (χ3n) is 4.43. The smallest absolute Gasteiger partial charge is 0.119 e. The Morgan fingerprint density at radius 1 is 0.963 bits per heavy atom. The number of unbranched alkanes of at least 4 members (excludes halogenated alkanes) is 1. The molecule has 0 radical (unpaired) electrons. The summed E-state index contributed by atoms with van der Waals surface area (Å²) in [6, 6.07) is 18.3. The monoisotopic (exact) mass is 388 g/mol. The lowest BCUT2D eigenvalue weighted by atomic mass is 10.1. The fourth-order valence-corrected chi connectivity index (χ4v) is 2.96. The highest BCUT2D eigenvalue weighted by Gasteiger charge is 2.10. The lowest BCUT2D eigenvalue weighted by Gasteiger charge is -2.12. The predicted molar refractivity (Wildman–Crippen MR) is 113 cm³/mol. The molecule has 1 aliphatic heterocycles. The Hall–Kier alpha value is -2.20. The van der Waals surface area contributed by atoms with Gasteiger partial charge in [0.15, 0.2) is 0 Å². The van der Waals surface area contributed by atoms with Crippen LogP contribution in [0.15, 0.2) is 59.6 Å². The second kappa shape index (κ2) is 11.5. The van der Waals surface area contributed by atoms with Gasteiger partial charge in [-0.25, -0.2) is 0 Å². The van der Waals surface area contributed by atoms with Crippen molar-refractivity contribution in [1.82, 2.24) is 5.32 Å². The zero-order valence-electron chi connectivity index (χ0n) is 15.9. The van der Waals surface area contributed by atoms with Gasteiger partial charge >= 0.3 is 0 Å². The molecule has 27 heavy (non-hydrogen) atoms. The van der Waals surface area contributed by atoms with Crippen LogP contribution in [-0.4, -0.2) is 25.6 Å². The molecule has 1 saturated heterocycles. The van der Waals surface area contributed by atoms with Crippen LogP contribution in [0.2, 0.25) is 0 Å². The summed E-state index contributed by atoms with van der Waals surface area (Å²) < 4.78 is 11.6. The number of ether oxygens (including phenoxy) is 2. The molecule has 1 N–H and O–H groups in total. The van der Waals surface area contributed by atoms with Gasteiger partial charge in [-0.15, -0.1) is 12.4 Å². The molecule has 1 heterocycles. The summed E-state index contributed by atoms with van der Waals surface area (Å²) in [7, 11) is 0. The van der Waals surface area contributed by atoms with E-state index in [0.717, 1.165) is 49.7 Å². The molecule has 1 fully saturated rings. The Morgan fingerprint density at radius 2 is 1.67 bits per heavy atom. The second-order valence-corrected chi connectivity index (χ2v) is 6.57. The van der Waals surface area contributed by atoms with E-state index >= 15 is 0 Å². The quantitative estimate of drug-likeness (QED) is 0.601. The van der Waals surface area contributed by atoms with Crippen LogP contribution in [0, 0.1) is 0 Å². The van der Waals surface area contributed by atoms with E-state index in [1.54, 1.807) is 0 Å². The molecule has 1 unspecified atom stereocenters. The average Bonchev–Trinajstić information content (AvgIpc) is 3.18. The number of para-hydroxylation sites is 1. The standard InChI is InChI=1S/C22H28N2O2.ClH/c1-18(24-22-13-8-14-23-22)19-9-7-12-21(17-19)26-16-6-5-15-25-20-10-3-2-4-11-20;/h2-4,7,9-12,17-18H,5-6,8,13-16H2,1H3,(H,23,24);1H. The molecule has 0 bridgehead atoms. The van der Waals surface area contributed by atoms with Gasteiger partial charge in [0, 0.05) is 13.0 Å². The SMILES string of the molecule is CC(/N=C1\CCCN1)c1cccc(OCCCCOc2ccccc2)c1.Cl. The number of rotatable bonds is 9. The molecule has 0 aromatic heterocycles. The van der Waals surface area contributed by atoms with Gasteiger partial charge in [-0.1, -0.05) is 30.3 Å². The molecular weight excluding hydrogens is 360 g/mol. The summed E-state index contributed by atoms with van der Waals surface area (Å²) in [6.07, 6.45) is 4.19. The van der Waals surface area contributed by atoms with E-state index in [9.17, 15) is 0 Å². The topological polar surface area (TPSA) is 42.9 Å². The fourth-order valence-electron chi connectivity index (χ4n) is 2.96. The highest BCUT2D eigenvalue weighted by atomic mass is 35.5. The van der Waals surface area contributed by atoms with E-state index in [1.165, 1.54) is 12.0 Å². The highest BCUT2D eigenvalue weighted by Crippen LogP contribution is 2.23. The number of nitrogens with zero attached hydrogens (tertiary/aromatic N) is 1. The third-order valence-corrected chi connectivity index (χ3v) is 4.43. The predicted octanol–water partition coefficient (Wildman–Crippen LogP) is 5.19. The van der Waals surface area contributed by atoms with Crippen LogP contribution in [0.4, 0.5) is 0 Å². The second-order valence-electron chi connectivity index (χ2n) is 6.57. The Balaban J connectivity index is 0.00000261. The van der Waals surface area contributed by atoms with Gasteiger partial charge in [0.2, 0.25) is 0 Å². The van der Waals surface area contributed by atoms with Crippen LogP contribution in [0.5, 0.6) is 11.5 Å². The summed E-state index contributed by atoms with van der Waals surface area (Å²) in [5.41, 5.74) is 1.19. The molecular formula is C22H29ClN2O2. The van der Waals surface area contributed by atoms with Crippen molar-refractivity contribution < 1.29 is 9.47 Å². The Morgan fingerprint density at radius 3 is 2.37 bits per heavy atom. The number of hydrogen-bond donors (Lipinski definition) is 1. The van der Waals surface area contributed by atoms with Gasteiger partial charge < -0.3 is 14.8 Å². The van der Waals surface area contributed by atoms with Crippen molar-refractivity contribution >= 4 is 18.2 Å². The van der Waals surface area contributed by atoms with Crippen LogP contribution in [0.3, 0.4) is 0 Å². The Bertz CT molecular complexity index is 698. The molecule has 2 aromatic rings. The molecule has 146 valence electrons. The van der Waals surface area contributed by atoms with Gasteiger partial charge in [-0.05, 0) is 56.0 Å². The van der Waals surface area contributed by atoms with Crippen molar-refractivity contribution in [1.29, 1.82) is 0 Å². The van der Waals surface area contributed by atoms with Crippen LogP contribution < -0.4 is 14.8 Å². The maximum Gasteiger partial charge on any atom is 0.119 e. The van der Waals surface area contributed by atoms with E-state index in [4.69, 9.17) is 14.5 Å². The zero-order chi connectivity index (χ0) is 18.0. The molecule has 1 atom stereocenters. The molecule has 0 spiro atoms. The first kappa shape index (κ1) is 21.1. The van der Waals surface area contributed by atoms with Gasteiger partial charge in [-0.3, -0.25) is 4.99 Å². The van der Waals surface area contributed by atoms with Crippen molar-refractivity contribution in [2.45, 2.75) is 38.6 Å². The van der Waals surface area contributed by atoms with Crippen molar-refractivity contribution in [3.63, 3.8) is 0 Å². The molecule has 0 amide bonds. The lowest BCUT2D eigenvalue weighted by molar-refractivity contribution is 0.266. The zero-order valence-corrected chi connectivity index (χ0v) is 16.7. The molecule has 4 nitrogen and oxygen atoms in total. The molecule has 0 saturated carbocycles. The first-order valence-corrected chi connectivity index (χ1v) is 9.52. The number of hydrogen-bond acceptors (Lipinski definition) is 3. The minimum Gasteiger partial charge on any atom is -0.494 e.